The fourth-order valence-corrected chi connectivity index (χ4v) is 4.71. The molecule has 0 spiro atoms. The molecule has 0 aromatic carbocycles. The topological polar surface area (TPSA) is 89.9 Å². The summed E-state index contributed by atoms with van der Waals surface area (Å²) in [7, 11) is -1.94. The largest absolute Gasteiger partial charge is 0.519 e. The van der Waals surface area contributed by atoms with Crippen molar-refractivity contribution < 1.29 is 28.7 Å². The van der Waals surface area contributed by atoms with E-state index in [9.17, 15) is 14.4 Å². The number of esters is 1. The quantitative estimate of drug-likeness (QED) is 0.268. The first-order chi connectivity index (χ1) is 10.8. The van der Waals surface area contributed by atoms with E-state index in [1.165, 1.54) is 0 Å². The molecule has 0 aliphatic carbocycles. The summed E-state index contributed by atoms with van der Waals surface area (Å²) in [5, 5.41) is 8.64. The molecule has 0 saturated carbocycles. The summed E-state index contributed by atoms with van der Waals surface area (Å²) in [6, 6.07) is 2.71. The van der Waals surface area contributed by atoms with Crippen LogP contribution in [0, 0.1) is 0 Å². The number of carbonyl (C=O) groups excluding carboxylic acids is 2. The zero-order valence-corrected chi connectivity index (χ0v) is 15.5. The van der Waals surface area contributed by atoms with Crippen molar-refractivity contribution in [3.8, 4) is 0 Å². The normalized spacial score (nSPS) is 11.9. The number of hydrogen-bond acceptors (Lipinski definition) is 5. The maximum Gasteiger partial charge on any atom is 0.334 e. The minimum atomic E-state index is -1.94. The Balaban J connectivity index is 4.24. The summed E-state index contributed by atoms with van der Waals surface area (Å²) in [5.74, 6) is -2.07. The van der Waals surface area contributed by atoms with E-state index in [0.29, 0.717) is 6.42 Å². The molecule has 132 valence electrons. The van der Waals surface area contributed by atoms with Crippen LogP contribution in [0.15, 0.2) is 11.6 Å². The molecular formula is C16H28O6Si. The second kappa shape index (κ2) is 11.0. The van der Waals surface area contributed by atoms with Gasteiger partial charge in [-0.05, 0) is 31.0 Å². The van der Waals surface area contributed by atoms with Crippen molar-refractivity contribution in [1.29, 1.82) is 0 Å². The Morgan fingerprint density at radius 2 is 1.61 bits per heavy atom. The molecule has 0 unspecified atom stereocenters. The lowest BCUT2D eigenvalue weighted by molar-refractivity contribution is -0.142. The van der Waals surface area contributed by atoms with E-state index >= 15 is 0 Å². The van der Waals surface area contributed by atoms with Crippen LogP contribution in [0.2, 0.25) is 18.1 Å². The molecular weight excluding hydrogens is 316 g/mol. The van der Waals surface area contributed by atoms with Crippen molar-refractivity contribution >= 4 is 26.2 Å². The molecule has 0 aliphatic rings. The van der Waals surface area contributed by atoms with Crippen molar-refractivity contribution in [3.05, 3.63) is 11.6 Å². The summed E-state index contributed by atoms with van der Waals surface area (Å²) >= 11 is 0. The van der Waals surface area contributed by atoms with Crippen LogP contribution in [-0.2, 0) is 23.5 Å². The van der Waals surface area contributed by atoms with Crippen molar-refractivity contribution in [2.75, 3.05) is 6.61 Å². The zero-order valence-electron chi connectivity index (χ0n) is 14.5. The van der Waals surface area contributed by atoms with E-state index in [1.807, 2.05) is 0 Å². The van der Waals surface area contributed by atoms with Gasteiger partial charge >= 0.3 is 11.9 Å². The van der Waals surface area contributed by atoms with Crippen LogP contribution in [-0.4, -0.2) is 37.9 Å². The summed E-state index contributed by atoms with van der Waals surface area (Å²) < 4.78 is 10.7. The monoisotopic (exact) mass is 344 g/mol. The third-order valence-corrected chi connectivity index (χ3v) is 8.49. The smallest absolute Gasteiger partial charge is 0.334 e. The number of hydrogen-bond donors (Lipinski definition) is 1. The summed E-state index contributed by atoms with van der Waals surface area (Å²) in [5.41, 5.74) is 0.106. The Hall–Kier alpha value is -1.63. The fraction of sp³-hybridized carbons (Fsp3) is 0.688. The molecule has 23 heavy (non-hydrogen) atoms. The van der Waals surface area contributed by atoms with Gasteiger partial charge in [0.15, 0.2) is 0 Å². The van der Waals surface area contributed by atoms with Crippen LogP contribution in [0.4, 0.5) is 0 Å². The van der Waals surface area contributed by atoms with Crippen LogP contribution < -0.4 is 0 Å². The van der Waals surface area contributed by atoms with Gasteiger partial charge in [0.1, 0.15) is 0 Å². The molecule has 0 fully saturated rings. The first kappa shape index (κ1) is 21.4. The molecule has 0 amide bonds. The van der Waals surface area contributed by atoms with E-state index in [0.717, 1.165) is 24.2 Å². The maximum absolute atomic E-state index is 11.9. The minimum Gasteiger partial charge on any atom is -0.519 e. The second-order valence-corrected chi connectivity index (χ2v) is 10.0. The van der Waals surface area contributed by atoms with Crippen LogP contribution in [0.3, 0.4) is 0 Å². The molecule has 6 nitrogen and oxygen atoms in total. The molecule has 0 aromatic rings. The van der Waals surface area contributed by atoms with E-state index in [1.54, 1.807) is 6.92 Å². The standard InChI is InChI=1S/C16H28O6Si/c1-5-13(12-14(17)18)16(20)21-11-9-10-15(19)22-23(6-2,7-3)8-4/h12H,5-11H2,1-4H3,(H,17,18)/b13-12+. The average Bonchev–Trinajstić information content (AvgIpc) is 2.54. The number of carboxylic acid groups (broad SMARTS) is 1. The molecule has 0 aromatic heterocycles. The highest BCUT2D eigenvalue weighted by Gasteiger charge is 2.32. The highest BCUT2D eigenvalue weighted by molar-refractivity contribution is 6.74. The van der Waals surface area contributed by atoms with Gasteiger partial charge in [0.2, 0.25) is 0 Å². The van der Waals surface area contributed by atoms with Gasteiger partial charge in [-0.2, -0.15) is 0 Å². The zero-order chi connectivity index (χ0) is 17.9. The highest BCUT2D eigenvalue weighted by atomic mass is 28.4. The first-order valence-corrected chi connectivity index (χ1v) is 10.7. The van der Waals surface area contributed by atoms with Crippen molar-refractivity contribution in [3.63, 3.8) is 0 Å². The van der Waals surface area contributed by atoms with Crippen LogP contribution in [0.25, 0.3) is 0 Å². The Bertz CT molecular complexity index is 432. The molecule has 0 atom stereocenters. The van der Waals surface area contributed by atoms with Gasteiger partial charge in [-0.25, -0.2) is 9.59 Å². The lowest BCUT2D eigenvalue weighted by Crippen LogP contribution is -2.38. The van der Waals surface area contributed by atoms with Gasteiger partial charge < -0.3 is 14.3 Å². The summed E-state index contributed by atoms with van der Waals surface area (Å²) in [6.07, 6.45) is 1.70. The van der Waals surface area contributed by atoms with Crippen LogP contribution >= 0.6 is 0 Å². The number of carbonyl (C=O) groups is 3. The predicted octanol–water partition coefficient (Wildman–Crippen LogP) is 3.28. The molecule has 0 saturated heterocycles. The third kappa shape index (κ3) is 7.97. The first-order valence-electron chi connectivity index (χ1n) is 8.16. The summed E-state index contributed by atoms with van der Waals surface area (Å²) in [4.78, 5) is 34.1. The molecule has 0 heterocycles. The molecule has 1 N–H and O–H groups in total. The molecule has 0 bridgehead atoms. The molecule has 0 radical (unpaired) electrons. The average molecular weight is 344 g/mol. The Kier molecular flexibility index (Phi) is 10.2. The fourth-order valence-electron chi connectivity index (χ4n) is 2.19. The van der Waals surface area contributed by atoms with E-state index in [4.69, 9.17) is 14.3 Å². The van der Waals surface area contributed by atoms with Crippen molar-refractivity contribution in [1.82, 2.24) is 0 Å². The number of rotatable bonds is 11. The Morgan fingerprint density at radius 3 is 2.04 bits per heavy atom. The van der Waals surface area contributed by atoms with Crippen molar-refractivity contribution in [2.45, 2.75) is 65.1 Å². The van der Waals surface area contributed by atoms with Gasteiger partial charge in [0.25, 0.3) is 14.3 Å². The van der Waals surface area contributed by atoms with Gasteiger partial charge in [-0.1, -0.05) is 27.7 Å². The summed E-state index contributed by atoms with van der Waals surface area (Å²) in [6.45, 7) is 7.90. The van der Waals surface area contributed by atoms with E-state index < -0.39 is 20.3 Å². The molecule has 7 heteroatoms. The Labute approximate surface area is 139 Å². The van der Waals surface area contributed by atoms with Crippen molar-refractivity contribution in [2.24, 2.45) is 0 Å². The minimum absolute atomic E-state index is 0.0732. The SMILES string of the molecule is CC/C(=C\C(=O)O)C(=O)OCCCC(=O)O[Si](CC)(CC)CC. The third-order valence-electron chi connectivity index (χ3n) is 3.96. The molecule has 0 rings (SSSR count). The van der Waals surface area contributed by atoms with E-state index in [-0.39, 0.29) is 31.0 Å². The lowest BCUT2D eigenvalue weighted by Gasteiger charge is -2.27. The lowest BCUT2D eigenvalue weighted by atomic mass is 10.2. The maximum atomic E-state index is 11.9. The second-order valence-electron chi connectivity index (χ2n) is 5.32. The Morgan fingerprint density at radius 1 is 1.04 bits per heavy atom. The van der Waals surface area contributed by atoms with Gasteiger partial charge in [0.05, 0.1) is 6.61 Å². The van der Waals surface area contributed by atoms with Crippen LogP contribution in [0.1, 0.15) is 47.0 Å². The van der Waals surface area contributed by atoms with Crippen LogP contribution in [0.5, 0.6) is 0 Å². The van der Waals surface area contributed by atoms with E-state index in [2.05, 4.69) is 20.8 Å². The number of ether oxygens (including phenoxy) is 1. The van der Waals surface area contributed by atoms with Gasteiger partial charge in [-0.3, -0.25) is 4.79 Å². The predicted molar refractivity (Wildman–Crippen MR) is 89.5 cm³/mol. The molecule has 0 aliphatic heterocycles. The highest BCUT2D eigenvalue weighted by Crippen LogP contribution is 2.22. The number of aliphatic carboxylic acids is 1. The van der Waals surface area contributed by atoms with Gasteiger partial charge in [0, 0.05) is 18.1 Å². The number of carboxylic acids is 1. The van der Waals surface area contributed by atoms with Gasteiger partial charge in [-0.15, -0.1) is 0 Å².